The maximum absolute atomic E-state index is 12.5. The van der Waals surface area contributed by atoms with Crippen LogP contribution in [0.15, 0.2) is 24.4 Å². The van der Waals surface area contributed by atoms with Crippen LogP contribution in [0.25, 0.3) is 11.0 Å². The zero-order chi connectivity index (χ0) is 18.9. The monoisotopic (exact) mass is 375 g/mol. The van der Waals surface area contributed by atoms with Gasteiger partial charge in [0, 0.05) is 0 Å². The average Bonchev–Trinajstić information content (AvgIpc) is 2.86. The van der Waals surface area contributed by atoms with E-state index < -0.39 is 17.5 Å². The van der Waals surface area contributed by atoms with Gasteiger partial charge in [0.05, 0.1) is 16.7 Å². The van der Waals surface area contributed by atoms with Gasteiger partial charge in [-0.2, -0.15) is 0 Å². The molecule has 9 heteroatoms. The van der Waals surface area contributed by atoms with Crippen LogP contribution < -0.4 is 10.6 Å². The molecule has 2 heterocycles. The topological polar surface area (TPSA) is 104 Å². The molecule has 0 atom stereocenters. The van der Waals surface area contributed by atoms with Gasteiger partial charge in [-0.3, -0.25) is 14.5 Å². The number of benzene rings is 1. The highest BCUT2D eigenvalue weighted by Crippen LogP contribution is 2.25. The number of carbonyl (C=O) groups excluding carboxylic acids is 3. The van der Waals surface area contributed by atoms with Gasteiger partial charge in [-0.15, -0.1) is 0 Å². The number of imide groups is 1. The number of amides is 4. The van der Waals surface area contributed by atoms with Crippen LogP contribution in [0.1, 0.15) is 26.7 Å². The van der Waals surface area contributed by atoms with E-state index >= 15 is 0 Å². The molecule has 0 bridgehead atoms. The molecule has 26 heavy (non-hydrogen) atoms. The van der Waals surface area contributed by atoms with Gasteiger partial charge >= 0.3 is 6.03 Å². The number of aromatic nitrogens is 2. The molecule has 2 aromatic rings. The van der Waals surface area contributed by atoms with Gasteiger partial charge in [0.1, 0.15) is 17.6 Å². The maximum Gasteiger partial charge on any atom is 0.325 e. The van der Waals surface area contributed by atoms with Crippen LogP contribution >= 0.6 is 11.6 Å². The minimum absolute atomic E-state index is 0.217. The second kappa shape index (κ2) is 6.87. The van der Waals surface area contributed by atoms with Crippen molar-refractivity contribution in [1.29, 1.82) is 0 Å². The smallest absolute Gasteiger partial charge is 0.323 e. The van der Waals surface area contributed by atoms with E-state index in [4.69, 9.17) is 11.6 Å². The summed E-state index contributed by atoms with van der Waals surface area (Å²) < 4.78 is 0. The van der Waals surface area contributed by atoms with Crippen LogP contribution in [0.5, 0.6) is 0 Å². The van der Waals surface area contributed by atoms with E-state index in [2.05, 4.69) is 20.6 Å². The first-order valence-corrected chi connectivity index (χ1v) is 8.63. The summed E-state index contributed by atoms with van der Waals surface area (Å²) in [6.45, 7) is 3.25. The quantitative estimate of drug-likeness (QED) is 0.780. The molecule has 0 aliphatic carbocycles. The average molecular weight is 376 g/mol. The number of para-hydroxylation sites is 1. The first-order chi connectivity index (χ1) is 12.4. The normalized spacial score (nSPS) is 16.0. The van der Waals surface area contributed by atoms with Gasteiger partial charge in [0.25, 0.3) is 5.91 Å². The Kier molecular flexibility index (Phi) is 4.78. The highest BCUT2D eigenvalue weighted by molar-refractivity contribution is 6.34. The number of anilines is 1. The lowest BCUT2D eigenvalue weighted by molar-refractivity contribution is -0.134. The SMILES string of the molecule is CCC1(CC)NC(=O)N(CC(=O)Nc2cnc3c(Cl)cccc3n2)C1=O. The molecule has 1 aliphatic heterocycles. The minimum atomic E-state index is -0.934. The molecule has 0 spiro atoms. The third-order valence-corrected chi connectivity index (χ3v) is 4.85. The van der Waals surface area contributed by atoms with Gasteiger partial charge < -0.3 is 10.6 Å². The number of nitrogens with one attached hydrogen (secondary N) is 2. The van der Waals surface area contributed by atoms with E-state index in [-0.39, 0.29) is 18.3 Å². The predicted octanol–water partition coefficient (Wildman–Crippen LogP) is 2.33. The van der Waals surface area contributed by atoms with Crippen molar-refractivity contribution in [1.82, 2.24) is 20.2 Å². The van der Waals surface area contributed by atoms with E-state index in [0.717, 1.165) is 4.90 Å². The number of rotatable bonds is 5. The number of halogens is 1. The Morgan fingerprint density at radius 1 is 1.31 bits per heavy atom. The Labute approximate surface area is 154 Å². The van der Waals surface area contributed by atoms with Crippen molar-refractivity contribution in [3.63, 3.8) is 0 Å². The fourth-order valence-corrected chi connectivity index (χ4v) is 3.16. The summed E-state index contributed by atoms with van der Waals surface area (Å²) in [7, 11) is 0. The Morgan fingerprint density at radius 3 is 2.69 bits per heavy atom. The zero-order valence-corrected chi connectivity index (χ0v) is 15.1. The Balaban J connectivity index is 1.73. The van der Waals surface area contributed by atoms with Gasteiger partial charge in [0.2, 0.25) is 5.91 Å². The van der Waals surface area contributed by atoms with Crippen molar-refractivity contribution in [2.45, 2.75) is 32.2 Å². The van der Waals surface area contributed by atoms with Crippen LogP contribution in [0.3, 0.4) is 0 Å². The van der Waals surface area contributed by atoms with Gasteiger partial charge in [-0.25, -0.2) is 14.8 Å². The van der Waals surface area contributed by atoms with Gasteiger partial charge in [-0.1, -0.05) is 31.5 Å². The van der Waals surface area contributed by atoms with Crippen molar-refractivity contribution in [3.05, 3.63) is 29.4 Å². The molecule has 136 valence electrons. The lowest BCUT2D eigenvalue weighted by Gasteiger charge is -2.22. The number of fused-ring (bicyclic) bond motifs is 1. The molecule has 1 fully saturated rings. The second-order valence-electron chi connectivity index (χ2n) is 6.02. The number of nitrogens with zero attached hydrogens (tertiary/aromatic N) is 3. The molecule has 1 aromatic heterocycles. The standard InChI is InChI=1S/C17H18ClN5O3/c1-3-17(4-2)15(25)23(16(26)22-17)9-13(24)21-12-8-19-14-10(18)6-5-7-11(14)20-12/h5-8H,3-4,9H2,1-2H3,(H,22,26)(H,20,21,24). The van der Waals surface area contributed by atoms with Gasteiger partial charge in [0.15, 0.2) is 5.82 Å². The van der Waals surface area contributed by atoms with Crippen LogP contribution in [0, 0.1) is 0 Å². The molecule has 1 aromatic carbocycles. The molecule has 4 amide bonds. The number of urea groups is 1. The third-order valence-electron chi connectivity index (χ3n) is 4.54. The summed E-state index contributed by atoms with van der Waals surface area (Å²) in [5.74, 6) is -0.708. The number of carbonyl (C=O) groups is 3. The first-order valence-electron chi connectivity index (χ1n) is 8.25. The lowest BCUT2D eigenvalue weighted by atomic mass is 9.93. The fraction of sp³-hybridized carbons (Fsp3) is 0.353. The summed E-state index contributed by atoms with van der Waals surface area (Å²) >= 11 is 6.04. The predicted molar refractivity (Wildman–Crippen MR) is 96.7 cm³/mol. The summed E-state index contributed by atoms with van der Waals surface area (Å²) in [4.78, 5) is 46.2. The van der Waals surface area contributed by atoms with Crippen molar-refractivity contribution < 1.29 is 14.4 Å². The molecule has 3 rings (SSSR count). The van der Waals surface area contributed by atoms with Crippen LogP contribution in [-0.4, -0.2) is 44.8 Å². The summed E-state index contributed by atoms with van der Waals surface area (Å²) in [5.41, 5.74) is 0.120. The van der Waals surface area contributed by atoms with Gasteiger partial charge in [-0.05, 0) is 25.0 Å². The van der Waals surface area contributed by atoms with Crippen molar-refractivity contribution in [3.8, 4) is 0 Å². The Hall–Kier alpha value is -2.74. The van der Waals surface area contributed by atoms with Crippen LogP contribution in [0.4, 0.5) is 10.6 Å². The molecule has 0 saturated carbocycles. The lowest BCUT2D eigenvalue weighted by Crippen LogP contribution is -2.46. The molecular formula is C17H18ClN5O3. The summed E-state index contributed by atoms with van der Waals surface area (Å²) in [6.07, 6.45) is 2.30. The van der Waals surface area contributed by atoms with E-state index in [1.165, 1.54) is 6.20 Å². The minimum Gasteiger partial charge on any atom is -0.323 e. The van der Waals surface area contributed by atoms with E-state index in [1.807, 2.05) is 13.8 Å². The molecule has 1 aliphatic rings. The molecule has 8 nitrogen and oxygen atoms in total. The number of hydrogen-bond donors (Lipinski definition) is 2. The summed E-state index contributed by atoms with van der Waals surface area (Å²) in [5, 5.41) is 5.70. The zero-order valence-electron chi connectivity index (χ0n) is 14.4. The molecule has 0 radical (unpaired) electrons. The summed E-state index contributed by atoms with van der Waals surface area (Å²) in [6, 6.07) is 4.58. The molecular weight excluding hydrogens is 358 g/mol. The number of hydrogen-bond acceptors (Lipinski definition) is 5. The molecule has 1 saturated heterocycles. The maximum atomic E-state index is 12.5. The Bertz CT molecular complexity index is 897. The van der Waals surface area contributed by atoms with Crippen molar-refractivity contribution >= 4 is 46.3 Å². The molecule has 2 N–H and O–H groups in total. The highest BCUT2D eigenvalue weighted by atomic mass is 35.5. The van der Waals surface area contributed by atoms with E-state index in [9.17, 15) is 14.4 Å². The molecule has 0 unspecified atom stereocenters. The van der Waals surface area contributed by atoms with Crippen molar-refractivity contribution in [2.75, 3.05) is 11.9 Å². The largest absolute Gasteiger partial charge is 0.325 e. The van der Waals surface area contributed by atoms with Crippen molar-refractivity contribution in [2.24, 2.45) is 0 Å². The first kappa shape index (κ1) is 18.1. The second-order valence-corrected chi connectivity index (χ2v) is 6.43. The van der Waals surface area contributed by atoms with Crippen LogP contribution in [-0.2, 0) is 9.59 Å². The highest BCUT2D eigenvalue weighted by Gasteiger charge is 2.49. The van der Waals surface area contributed by atoms with Crippen LogP contribution in [0.2, 0.25) is 5.02 Å². The third kappa shape index (κ3) is 3.08. The Morgan fingerprint density at radius 2 is 2.04 bits per heavy atom. The van der Waals surface area contributed by atoms with E-state index in [0.29, 0.717) is 28.9 Å². The fourth-order valence-electron chi connectivity index (χ4n) is 2.94. The van der Waals surface area contributed by atoms with E-state index in [1.54, 1.807) is 18.2 Å².